The molecule has 0 saturated heterocycles. The van der Waals surface area contributed by atoms with Gasteiger partial charge in [0.2, 0.25) is 0 Å². The molecule has 0 amide bonds. The quantitative estimate of drug-likeness (QED) is 0.722. The minimum absolute atomic E-state index is 0.519. The van der Waals surface area contributed by atoms with Crippen LogP contribution in [-0.2, 0) is 0 Å². The van der Waals surface area contributed by atoms with Gasteiger partial charge in [0.25, 0.3) is 0 Å². The Hall–Kier alpha value is -1.64. The average Bonchev–Trinajstić information content (AvgIpc) is 2.68. The minimum atomic E-state index is 0.519. The van der Waals surface area contributed by atoms with E-state index in [1.54, 1.807) is 12.4 Å². The van der Waals surface area contributed by atoms with Crippen molar-refractivity contribution in [3.8, 4) is 5.69 Å². The molecule has 0 radical (unpaired) electrons. The van der Waals surface area contributed by atoms with E-state index in [0.717, 1.165) is 5.69 Å². The molecule has 0 N–H and O–H groups in total. The molecule has 2 aromatic rings. The summed E-state index contributed by atoms with van der Waals surface area (Å²) in [6.45, 7) is 4.32. The van der Waals surface area contributed by atoms with E-state index in [1.165, 1.54) is 5.56 Å². The average molecular weight is 187 g/mol. The molecule has 3 nitrogen and oxygen atoms in total. The predicted molar refractivity (Wildman–Crippen MR) is 55.4 cm³/mol. The van der Waals surface area contributed by atoms with Gasteiger partial charge in [-0.2, -0.15) is 5.10 Å². The summed E-state index contributed by atoms with van der Waals surface area (Å²) < 4.78 is 1.87. The summed E-state index contributed by atoms with van der Waals surface area (Å²) in [4.78, 5) is 3.97. The smallest absolute Gasteiger partial charge is 0.0676 e. The molecule has 0 fully saturated rings. The van der Waals surface area contributed by atoms with Crippen LogP contribution < -0.4 is 0 Å². The molecule has 0 unspecified atom stereocenters. The SMILES string of the molecule is CC(C)c1cnn(-c2ccncc2)c1. The van der Waals surface area contributed by atoms with E-state index in [-0.39, 0.29) is 0 Å². The molecule has 0 aliphatic carbocycles. The van der Waals surface area contributed by atoms with Crippen molar-refractivity contribution in [3.63, 3.8) is 0 Å². The monoisotopic (exact) mass is 187 g/mol. The summed E-state index contributed by atoms with van der Waals surface area (Å²) in [6, 6.07) is 3.88. The van der Waals surface area contributed by atoms with Gasteiger partial charge in [-0.15, -0.1) is 0 Å². The maximum atomic E-state index is 4.30. The first-order valence-corrected chi connectivity index (χ1v) is 4.72. The molecule has 2 aromatic heterocycles. The van der Waals surface area contributed by atoms with E-state index in [9.17, 15) is 0 Å². The van der Waals surface area contributed by atoms with Gasteiger partial charge < -0.3 is 0 Å². The van der Waals surface area contributed by atoms with Crippen LogP contribution in [0.5, 0.6) is 0 Å². The highest BCUT2D eigenvalue weighted by molar-refractivity contribution is 5.29. The van der Waals surface area contributed by atoms with Crippen molar-refractivity contribution in [3.05, 3.63) is 42.5 Å². The summed E-state index contributed by atoms with van der Waals surface area (Å²) in [7, 11) is 0. The Balaban J connectivity index is 2.34. The molecule has 0 aliphatic heterocycles. The van der Waals surface area contributed by atoms with Crippen molar-refractivity contribution in [2.24, 2.45) is 0 Å². The van der Waals surface area contributed by atoms with E-state index >= 15 is 0 Å². The lowest BCUT2D eigenvalue weighted by atomic mass is 10.1. The van der Waals surface area contributed by atoms with Crippen molar-refractivity contribution >= 4 is 0 Å². The fourth-order valence-corrected chi connectivity index (χ4v) is 1.27. The Labute approximate surface area is 83.4 Å². The van der Waals surface area contributed by atoms with E-state index < -0.39 is 0 Å². The number of pyridine rings is 1. The molecule has 0 saturated carbocycles. The Morgan fingerprint density at radius 3 is 2.50 bits per heavy atom. The first kappa shape index (κ1) is 8.94. The maximum Gasteiger partial charge on any atom is 0.0676 e. The highest BCUT2D eigenvalue weighted by Gasteiger charge is 2.03. The van der Waals surface area contributed by atoms with Crippen LogP contribution in [0.2, 0.25) is 0 Å². The zero-order valence-corrected chi connectivity index (χ0v) is 8.38. The van der Waals surface area contributed by atoms with Gasteiger partial charge in [0.1, 0.15) is 0 Å². The maximum absolute atomic E-state index is 4.30. The minimum Gasteiger partial charge on any atom is -0.265 e. The molecular formula is C11H13N3. The second kappa shape index (κ2) is 3.62. The van der Waals surface area contributed by atoms with E-state index in [2.05, 4.69) is 30.1 Å². The van der Waals surface area contributed by atoms with Gasteiger partial charge in [-0.05, 0) is 23.6 Å². The number of aromatic nitrogens is 3. The first-order valence-electron chi connectivity index (χ1n) is 4.72. The molecule has 0 atom stereocenters. The Kier molecular flexibility index (Phi) is 2.31. The zero-order chi connectivity index (χ0) is 9.97. The molecule has 0 spiro atoms. The van der Waals surface area contributed by atoms with Crippen LogP contribution >= 0.6 is 0 Å². The van der Waals surface area contributed by atoms with Gasteiger partial charge in [0.15, 0.2) is 0 Å². The molecule has 0 aliphatic rings. The summed E-state index contributed by atoms with van der Waals surface area (Å²) in [5.41, 5.74) is 2.30. The van der Waals surface area contributed by atoms with Crippen molar-refractivity contribution in [1.29, 1.82) is 0 Å². The Morgan fingerprint density at radius 2 is 1.93 bits per heavy atom. The molecular weight excluding hydrogens is 174 g/mol. The van der Waals surface area contributed by atoms with E-state index in [0.29, 0.717) is 5.92 Å². The number of rotatable bonds is 2. The lowest BCUT2D eigenvalue weighted by molar-refractivity contribution is 0.857. The number of hydrogen-bond acceptors (Lipinski definition) is 2. The summed E-state index contributed by atoms with van der Waals surface area (Å²) in [6.07, 6.45) is 7.50. The molecule has 72 valence electrons. The van der Waals surface area contributed by atoms with Crippen molar-refractivity contribution in [2.45, 2.75) is 19.8 Å². The third kappa shape index (κ3) is 1.66. The standard InChI is InChI=1S/C11H13N3/c1-9(2)10-7-13-14(8-10)11-3-5-12-6-4-11/h3-9H,1-2H3. The number of nitrogens with zero attached hydrogens (tertiary/aromatic N) is 3. The third-order valence-electron chi connectivity index (χ3n) is 2.20. The topological polar surface area (TPSA) is 30.7 Å². The lowest BCUT2D eigenvalue weighted by Crippen LogP contribution is -1.93. The fourth-order valence-electron chi connectivity index (χ4n) is 1.27. The largest absolute Gasteiger partial charge is 0.265 e. The lowest BCUT2D eigenvalue weighted by Gasteiger charge is -2.00. The molecule has 2 rings (SSSR count). The normalized spacial score (nSPS) is 10.8. The van der Waals surface area contributed by atoms with Crippen molar-refractivity contribution in [2.75, 3.05) is 0 Å². The zero-order valence-electron chi connectivity index (χ0n) is 8.38. The summed E-state index contributed by atoms with van der Waals surface area (Å²) >= 11 is 0. The fraction of sp³-hybridized carbons (Fsp3) is 0.273. The van der Waals surface area contributed by atoms with Gasteiger partial charge in [0, 0.05) is 18.6 Å². The van der Waals surface area contributed by atoms with Gasteiger partial charge in [0.05, 0.1) is 11.9 Å². The van der Waals surface area contributed by atoms with Crippen molar-refractivity contribution < 1.29 is 0 Å². The number of hydrogen-bond donors (Lipinski definition) is 0. The van der Waals surface area contributed by atoms with Gasteiger partial charge in [-0.3, -0.25) is 4.98 Å². The Morgan fingerprint density at radius 1 is 1.21 bits per heavy atom. The van der Waals surface area contributed by atoms with Crippen LogP contribution in [0.3, 0.4) is 0 Å². The second-order valence-electron chi connectivity index (χ2n) is 3.58. The predicted octanol–water partition coefficient (Wildman–Crippen LogP) is 2.39. The van der Waals surface area contributed by atoms with Crippen LogP contribution in [0.1, 0.15) is 25.3 Å². The highest BCUT2D eigenvalue weighted by Crippen LogP contribution is 2.14. The molecule has 0 bridgehead atoms. The van der Waals surface area contributed by atoms with Crippen LogP contribution in [0.25, 0.3) is 5.69 Å². The third-order valence-corrected chi connectivity index (χ3v) is 2.20. The molecule has 14 heavy (non-hydrogen) atoms. The van der Waals surface area contributed by atoms with Crippen LogP contribution in [0, 0.1) is 0 Å². The molecule has 3 heteroatoms. The molecule has 2 heterocycles. The van der Waals surface area contributed by atoms with Crippen LogP contribution in [-0.4, -0.2) is 14.8 Å². The molecule has 0 aromatic carbocycles. The van der Waals surface area contributed by atoms with E-state index in [4.69, 9.17) is 0 Å². The second-order valence-corrected chi connectivity index (χ2v) is 3.58. The summed E-state index contributed by atoms with van der Waals surface area (Å²) in [5.74, 6) is 0.519. The highest BCUT2D eigenvalue weighted by atomic mass is 15.3. The van der Waals surface area contributed by atoms with E-state index in [1.807, 2.05) is 23.0 Å². The summed E-state index contributed by atoms with van der Waals surface area (Å²) in [5, 5.41) is 4.30. The first-order chi connectivity index (χ1) is 6.77. The van der Waals surface area contributed by atoms with Crippen LogP contribution in [0.15, 0.2) is 36.9 Å². The van der Waals surface area contributed by atoms with Crippen LogP contribution in [0.4, 0.5) is 0 Å². The van der Waals surface area contributed by atoms with Gasteiger partial charge in [-0.25, -0.2) is 4.68 Å². The van der Waals surface area contributed by atoms with Gasteiger partial charge in [-0.1, -0.05) is 13.8 Å². The van der Waals surface area contributed by atoms with Crippen molar-refractivity contribution in [1.82, 2.24) is 14.8 Å². The Bertz CT molecular complexity index is 403. The van der Waals surface area contributed by atoms with Gasteiger partial charge >= 0.3 is 0 Å².